The molecule has 4 aromatic rings. The van der Waals surface area contributed by atoms with Crippen LogP contribution in [-0.2, 0) is 11.8 Å². The van der Waals surface area contributed by atoms with Crippen LogP contribution in [0.1, 0.15) is 42.5 Å². The second-order valence-electron chi connectivity index (χ2n) is 8.66. The first-order valence-corrected chi connectivity index (χ1v) is 11.1. The first-order valence-electron chi connectivity index (χ1n) is 10.2. The SMILES string of the molecule is CC(C)(C)c1nc(/N=C/c2cc([N+](=O)[O-])ccc2O)sc1Cc1cc2ccccc2[nH]c1=O. The maximum Gasteiger partial charge on any atom is 0.270 e. The number of fused-ring (bicyclic) bond motifs is 1. The molecule has 0 spiro atoms. The molecule has 0 saturated heterocycles. The highest BCUT2D eigenvalue weighted by molar-refractivity contribution is 7.15. The third-order valence-corrected chi connectivity index (χ3v) is 6.08. The van der Waals surface area contributed by atoms with E-state index in [2.05, 4.69) is 15.0 Å². The largest absolute Gasteiger partial charge is 0.507 e. The summed E-state index contributed by atoms with van der Waals surface area (Å²) in [5.41, 5.74) is 1.91. The molecule has 0 fully saturated rings. The van der Waals surface area contributed by atoms with Gasteiger partial charge in [-0.25, -0.2) is 9.98 Å². The summed E-state index contributed by atoms with van der Waals surface area (Å²) in [5.74, 6) is -0.111. The molecule has 0 aliphatic rings. The summed E-state index contributed by atoms with van der Waals surface area (Å²) in [6.45, 7) is 6.11. The molecule has 0 aliphatic heterocycles. The van der Waals surface area contributed by atoms with Gasteiger partial charge in [-0.1, -0.05) is 50.3 Å². The zero-order chi connectivity index (χ0) is 23.8. The van der Waals surface area contributed by atoms with Crippen molar-refractivity contribution in [3.8, 4) is 5.75 Å². The van der Waals surface area contributed by atoms with Crippen molar-refractivity contribution in [3.05, 3.63) is 90.7 Å². The van der Waals surface area contributed by atoms with Gasteiger partial charge in [-0.3, -0.25) is 14.9 Å². The van der Waals surface area contributed by atoms with Crippen LogP contribution in [0, 0.1) is 10.1 Å². The molecule has 2 aromatic heterocycles. The minimum Gasteiger partial charge on any atom is -0.507 e. The quantitative estimate of drug-likeness (QED) is 0.239. The average Bonchev–Trinajstić information content (AvgIpc) is 3.17. The molecule has 0 atom stereocenters. The van der Waals surface area contributed by atoms with Gasteiger partial charge < -0.3 is 10.1 Å². The zero-order valence-electron chi connectivity index (χ0n) is 18.3. The van der Waals surface area contributed by atoms with Crippen LogP contribution < -0.4 is 5.56 Å². The Bertz CT molecular complexity index is 1450. The lowest BCUT2D eigenvalue weighted by Crippen LogP contribution is -2.17. The number of nitro groups is 1. The summed E-state index contributed by atoms with van der Waals surface area (Å²) in [6, 6.07) is 13.3. The highest BCUT2D eigenvalue weighted by atomic mass is 32.1. The number of nitrogens with one attached hydrogen (secondary N) is 1. The number of phenolic OH excluding ortho intramolecular Hbond substituents is 1. The van der Waals surface area contributed by atoms with E-state index in [1.54, 1.807) is 0 Å². The molecule has 2 N–H and O–H groups in total. The van der Waals surface area contributed by atoms with Crippen molar-refractivity contribution in [2.75, 3.05) is 0 Å². The number of nitrogens with zero attached hydrogens (tertiary/aromatic N) is 3. The second kappa shape index (κ2) is 8.59. The fourth-order valence-corrected chi connectivity index (χ4v) is 4.62. The number of hydrogen-bond acceptors (Lipinski definition) is 7. The van der Waals surface area contributed by atoms with Gasteiger partial charge in [-0.2, -0.15) is 0 Å². The predicted molar refractivity (Wildman–Crippen MR) is 130 cm³/mol. The number of hydrogen-bond donors (Lipinski definition) is 2. The van der Waals surface area contributed by atoms with Crippen molar-refractivity contribution in [3.63, 3.8) is 0 Å². The summed E-state index contributed by atoms with van der Waals surface area (Å²) in [5, 5.41) is 22.4. The monoisotopic (exact) mass is 462 g/mol. The van der Waals surface area contributed by atoms with Crippen LogP contribution in [0.2, 0.25) is 0 Å². The number of thiazole rings is 1. The van der Waals surface area contributed by atoms with Gasteiger partial charge in [-0.15, -0.1) is 0 Å². The highest BCUT2D eigenvalue weighted by Gasteiger charge is 2.24. The van der Waals surface area contributed by atoms with Gasteiger partial charge in [0.25, 0.3) is 11.2 Å². The van der Waals surface area contributed by atoms with Crippen LogP contribution >= 0.6 is 11.3 Å². The summed E-state index contributed by atoms with van der Waals surface area (Å²) < 4.78 is 0. The smallest absolute Gasteiger partial charge is 0.270 e. The van der Waals surface area contributed by atoms with E-state index in [4.69, 9.17) is 0 Å². The molecule has 2 heterocycles. The number of nitro benzene ring substituents is 1. The van der Waals surface area contributed by atoms with E-state index in [-0.39, 0.29) is 28.0 Å². The fraction of sp³-hybridized carbons (Fsp3) is 0.208. The molecule has 0 radical (unpaired) electrons. The van der Waals surface area contributed by atoms with E-state index >= 15 is 0 Å². The van der Waals surface area contributed by atoms with Gasteiger partial charge in [0, 0.05) is 51.7 Å². The van der Waals surface area contributed by atoms with Crippen molar-refractivity contribution in [1.82, 2.24) is 9.97 Å². The lowest BCUT2D eigenvalue weighted by Gasteiger charge is -2.17. The van der Waals surface area contributed by atoms with Crippen LogP contribution in [-0.4, -0.2) is 26.2 Å². The number of non-ortho nitro benzene ring substituents is 1. The van der Waals surface area contributed by atoms with E-state index in [1.807, 2.05) is 51.1 Å². The topological polar surface area (TPSA) is 121 Å². The molecule has 0 saturated carbocycles. The Morgan fingerprint density at radius 1 is 1.21 bits per heavy atom. The normalized spacial score (nSPS) is 12.0. The van der Waals surface area contributed by atoms with E-state index in [1.165, 1.54) is 35.8 Å². The molecule has 33 heavy (non-hydrogen) atoms. The minimum absolute atomic E-state index is 0.111. The van der Waals surface area contributed by atoms with Crippen molar-refractivity contribution < 1.29 is 10.0 Å². The summed E-state index contributed by atoms with van der Waals surface area (Å²) in [6.07, 6.45) is 1.77. The van der Waals surface area contributed by atoms with Gasteiger partial charge >= 0.3 is 0 Å². The van der Waals surface area contributed by atoms with E-state index < -0.39 is 4.92 Å². The van der Waals surface area contributed by atoms with Gasteiger partial charge in [-0.05, 0) is 23.6 Å². The van der Waals surface area contributed by atoms with E-state index in [0.717, 1.165) is 21.5 Å². The number of benzene rings is 2. The van der Waals surface area contributed by atoms with Gasteiger partial charge in [0.1, 0.15) is 5.75 Å². The van der Waals surface area contributed by atoms with Crippen molar-refractivity contribution in [2.45, 2.75) is 32.6 Å². The van der Waals surface area contributed by atoms with Crippen LogP contribution in [0.15, 0.2) is 58.3 Å². The molecular weight excluding hydrogens is 440 g/mol. The molecule has 8 nitrogen and oxygen atoms in total. The number of aliphatic imine (C=N–C) groups is 1. The molecule has 0 unspecified atom stereocenters. The third kappa shape index (κ3) is 4.83. The predicted octanol–water partition coefficient (Wildman–Crippen LogP) is 5.24. The van der Waals surface area contributed by atoms with Gasteiger partial charge in [0.05, 0.1) is 10.6 Å². The third-order valence-electron chi connectivity index (χ3n) is 5.11. The lowest BCUT2D eigenvalue weighted by molar-refractivity contribution is -0.384. The number of H-pyrrole nitrogens is 1. The minimum atomic E-state index is -0.531. The molecule has 2 aromatic carbocycles. The Labute approximate surface area is 193 Å². The lowest BCUT2D eigenvalue weighted by atomic mass is 9.90. The summed E-state index contributed by atoms with van der Waals surface area (Å²) in [7, 11) is 0. The molecule has 0 amide bonds. The first kappa shape index (κ1) is 22.3. The Morgan fingerprint density at radius 2 is 1.97 bits per heavy atom. The van der Waals surface area contributed by atoms with E-state index in [0.29, 0.717) is 17.1 Å². The van der Waals surface area contributed by atoms with Crippen LogP contribution in [0.4, 0.5) is 10.8 Å². The molecular formula is C24H22N4O4S. The molecule has 9 heteroatoms. The number of phenols is 1. The van der Waals surface area contributed by atoms with Gasteiger partial charge in [0.15, 0.2) is 0 Å². The number of aromatic amines is 1. The molecule has 0 bridgehead atoms. The molecule has 4 rings (SSSR count). The Hall–Kier alpha value is -3.85. The molecule has 168 valence electrons. The van der Waals surface area contributed by atoms with Gasteiger partial charge in [0.2, 0.25) is 5.13 Å². The maximum atomic E-state index is 12.7. The van der Waals surface area contributed by atoms with Crippen LogP contribution in [0.3, 0.4) is 0 Å². The molecule has 0 aliphatic carbocycles. The Balaban J connectivity index is 1.71. The number of rotatable bonds is 5. The number of para-hydroxylation sites is 1. The first-order chi connectivity index (χ1) is 15.6. The van der Waals surface area contributed by atoms with Crippen molar-refractivity contribution >= 4 is 39.3 Å². The Morgan fingerprint density at radius 3 is 2.70 bits per heavy atom. The second-order valence-corrected chi connectivity index (χ2v) is 9.73. The summed E-state index contributed by atoms with van der Waals surface area (Å²) in [4.78, 5) is 36.0. The zero-order valence-corrected chi connectivity index (χ0v) is 19.1. The Kier molecular flexibility index (Phi) is 5.82. The van der Waals surface area contributed by atoms with E-state index in [9.17, 15) is 20.0 Å². The number of aromatic hydroxyl groups is 1. The number of pyridine rings is 1. The van der Waals surface area contributed by atoms with Crippen LogP contribution in [0.25, 0.3) is 10.9 Å². The number of aromatic nitrogens is 2. The fourth-order valence-electron chi connectivity index (χ4n) is 3.48. The summed E-state index contributed by atoms with van der Waals surface area (Å²) >= 11 is 1.35. The van der Waals surface area contributed by atoms with Crippen molar-refractivity contribution in [1.29, 1.82) is 0 Å². The van der Waals surface area contributed by atoms with Crippen molar-refractivity contribution in [2.24, 2.45) is 4.99 Å². The highest BCUT2D eigenvalue weighted by Crippen LogP contribution is 2.35. The standard InChI is InChI=1S/C24H22N4O4S/c1-24(2,3)21-20(12-15-10-14-6-4-5-7-18(14)26-22(15)30)33-23(27-21)25-13-16-11-17(28(31)32)8-9-19(16)29/h4-11,13,29H,12H2,1-3H3,(H,26,30)/b25-13+. The van der Waals surface area contributed by atoms with Crippen LogP contribution in [0.5, 0.6) is 5.75 Å². The maximum absolute atomic E-state index is 12.7. The average molecular weight is 463 g/mol.